The molecule has 6 nitrogen and oxygen atoms in total. The van der Waals surface area contributed by atoms with Crippen LogP contribution in [0.4, 0.5) is 5.69 Å². The molecular weight excluding hydrogens is 352 g/mol. The molecular formula is C19H23ClN4O2. The molecule has 2 aromatic rings. The van der Waals surface area contributed by atoms with Crippen LogP contribution in [0.15, 0.2) is 41.3 Å². The van der Waals surface area contributed by atoms with Crippen LogP contribution in [0.1, 0.15) is 24.8 Å². The standard InChI is InChI=1S/C19H23ClN4O2/c1-23-19(26)10-16(12-22-23)24-8-4-5-14(13-24)9-18(25)21-11-15-6-2-3-7-17(15)20/h2-3,6-7,10,12,14H,4-5,8-9,11,13H2,1H3,(H,21,25). The van der Waals surface area contributed by atoms with Crippen molar-refractivity contribution in [3.63, 3.8) is 0 Å². The molecule has 1 aromatic carbocycles. The molecule has 1 aromatic heterocycles. The highest BCUT2D eigenvalue weighted by molar-refractivity contribution is 6.31. The zero-order valence-electron chi connectivity index (χ0n) is 14.8. The van der Waals surface area contributed by atoms with Crippen molar-refractivity contribution in [2.75, 3.05) is 18.0 Å². The van der Waals surface area contributed by atoms with E-state index in [1.165, 1.54) is 4.68 Å². The molecule has 0 spiro atoms. The summed E-state index contributed by atoms with van der Waals surface area (Å²) in [6.45, 7) is 2.08. The summed E-state index contributed by atoms with van der Waals surface area (Å²) >= 11 is 6.12. The highest BCUT2D eigenvalue weighted by Gasteiger charge is 2.23. The number of carbonyl (C=O) groups excluding carboxylic acids is 1. The fourth-order valence-electron chi connectivity index (χ4n) is 3.27. The van der Waals surface area contributed by atoms with Gasteiger partial charge in [-0.05, 0) is 30.4 Å². The minimum absolute atomic E-state index is 0.0267. The van der Waals surface area contributed by atoms with Gasteiger partial charge in [0.05, 0.1) is 11.9 Å². The number of nitrogens with one attached hydrogen (secondary N) is 1. The lowest BCUT2D eigenvalue weighted by Crippen LogP contribution is -2.38. The van der Waals surface area contributed by atoms with Crippen molar-refractivity contribution >= 4 is 23.2 Å². The van der Waals surface area contributed by atoms with Gasteiger partial charge in [-0.2, -0.15) is 5.10 Å². The first-order valence-electron chi connectivity index (χ1n) is 8.81. The summed E-state index contributed by atoms with van der Waals surface area (Å²) in [5.74, 6) is 0.290. The second-order valence-corrected chi connectivity index (χ2v) is 7.11. The first kappa shape index (κ1) is 18.5. The Morgan fingerprint density at radius 3 is 2.96 bits per heavy atom. The average Bonchev–Trinajstić information content (AvgIpc) is 2.63. The van der Waals surface area contributed by atoms with Crippen LogP contribution < -0.4 is 15.8 Å². The molecule has 3 rings (SSSR count). The van der Waals surface area contributed by atoms with E-state index < -0.39 is 0 Å². The molecule has 1 atom stereocenters. The number of anilines is 1. The van der Waals surface area contributed by atoms with E-state index in [4.69, 9.17) is 11.6 Å². The molecule has 26 heavy (non-hydrogen) atoms. The molecule has 2 heterocycles. The van der Waals surface area contributed by atoms with Gasteiger partial charge in [0.15, 0.2) is 0 Å². The van der Waals surface area contributed by atoms with Gasteiger partial charge in [-0.3, -0.25) is 9.59 Å². The molecule has 1 saturated heterocycles. The molecule has 1 N–H and O–H groups in total. The van der Waals surface area contributed by atoms with Crippen LogP contribution in [-0.2, 0) is 18.4 Å². The van der Waals surface area contributed by atoms with E-state index in [0.29, 0.717) is 18.0 Å². The molecule has 1 fully saturated rings. The Hall–Kier alpha value is -2.34. The summed E-state index contributed by atoms with van der Waals surface area (Å²) in [5, 5.41) is 7.69. The minimum atomic E-state index is -0.123. The summed E-state index contributed by atoms with van der Waals surface area (Å²) in [7, 11) is 1.63. The van der Waals surface area contributed by atoms with E-state index >= 15 is 0 Å². The van der Waals surface area contributed by atoms with Gasteiger partial charge in [-0.1, -0.05) is 29.8 Å². The van der Waals surface area contributed by atoms with E-state index in [1.54, 1.807) is 19.3 Å². The SMILES string of the molecule is Cn1ncc(N2CCCC(CC(=O)NCc3ccccc3Cl)C2)cc1=O. The minimum Gasteiger partial charge on any atom is -0.370 e. The largest absolute Gasteiger partial charge is 0.370 e. The van der Waals surface area contributed by atoms with Crippen LogP contribution in [0, 0.1) is 5.92 Å². The second kappa shape index (κ2) is 8.36. The maximum atomic E-state index is 12.3. The van der Waals surface area contributed by atoms with E-state index in [9.17, 15) is 9.59 Å². The molecule has 0 saturated carbocycles. The Balaban J connectivity index is 1.54. The summed E-state index contributed by atoms with van der Waals surface area (Å²) in [5.41, 5.74) is 1.62. The molecule has 0 radical (unpaired) electrons. The topological polar surface area (TPSA) is 67.2 Å². The number of halogens is 1. The van der Waals surface area contributed by atoms with Gasteiger partial charge in [0.25, 0.3) is 5.56 Å². The van der Waals surface area contributed by atoms with Crippen molar-refractivity contribution in [3.8, 4) is 0 Å². The smallest absolute Gasteiger partial charge is 0.268 e. The number of carbonyl (C=O) groups is 1. The molecule has 1 aliphatic rings. The van der Waals surface area contributed by atoms with Gasteiger partial charge in [0.2, 0.25) is 5.91 Å². The van der Waals surface area contributed by atoms with Crippen LogP contribution >= 0.6 is 11.6 Å². The van der Waals surface area contributed by atoms with E-state index in [0.717, 1.165) is 37.2 Å². The van der Waals surface area contributed by atoms with Crippen molar-refractivity contribution in [1.82, 2.24) is 15.1 Å². The summed E-state index contributed by atoms with van der Waals surface area (Å²) in [6, 6.07) is 9.11. The van der Waals surface area contributed by atoms with Crippen LogP contribution in [0.5, 0.6) is 0 Å². The number of rotatable bonds is 5. The fraction of sp³-hybridized carbons (Fsp3) is 0.421. The maximum absolute atomic E-state index is 12.3. The lowest BCUT2D eigenvalue weighted by Gasteiger charge is -2.33. The van der Waals surface area contributed by atoms with Crippen molar-refractivity contribution in [2.45, 2.75) is 25.8 Å². The molecule has 138 valence electrons. The predicted octanol–water partition coefficient (Wildman–Crippen LogP) is 2.36. The molecule has 1 aliphatic heterocycles. The molecule has 7 heteroatoms. The third kappa shape index (κ3) is 4.64. The van der Waals surface area contributed by atoms with Gasteiger partial charge >= 0.3 is 0 Å². The molecule has 0 bridgehead atoms. The second-order valence-electron chi connectivity index (χ2n) is 6.70. The lowest BCUT2D eigenvalue weighted by atomic mass is 9.94. The first-order chi connectivity index (χ1) is 12.5. The molecule has 1 amide bonds. The van der Waals surface area contributed by atoms with Crippen molar-refractivity contribution in [3.05, 3.63) is 57.5 Å². The number of benzene rings is 1. The van der Waals surface area contributed by atoms with Crippen LogP contribution in [-0.4, -0.2) is 28.8 Å². The van der Waals surface area contributed by atoms with E-state index in [-0.39, 0.29) is 17.4 Å². The van der Waals surface area contributed by atoms with Crippen LogP contribution in [0.25, 0.3) is 0 Å². The fourth-order valence-corrected chi connectivity index (χ4v) is 3.47. The van der Waals surface area contributed by atoms with Crippen molar-refractivity contribution in [2.24, 2.45) is 13.0 Å². The number of nitrogens with zero attached hydrogens (tertiary/aromatic N) is 3. The van der Waals surface area contributed by atoms with Gasteiger partial charge in [-0.25, -0.2) is 4.68 Å². The maximum Gasteiger partial charge on any atom is 0.268 e. The highest BCUT2D eigenvalue weighted by Crippen LogP contribution is 2.24. The van der Waals surface area contributed by atoms with Gasteiger partial charge < -0.3 is 10.2 Å². The first-order valence-corrected chi connectivity index (χ1v) is 9.19. The molecule has 0 aliphatic carbocycles. The number of hydrogen-bond donors (Lipinski definition) is 1. The Morgan fingerprint density at radius 1 is 1.38 bits per heavy atom. The van der Waals surface area contributed by atoms with Crippen molar-refractivity contribution in [1.29, 1.82) is 0 Å². The van der Waals surface area contributed by atoms with Crippen LogP contribution in [0.3, 0.4) is 0 Å². The summed E-state index contributed by atoms with van der Waals surface area (Å²) in [6.07, 6.45) is 4.19. The van der Waals surface area contributed by atoms with Gasteiger partial charge in [0.1, 0.15) is 0 Å². The quantitative estimate of drug-likeness (QED) is 0.872. The number of amides is 1. The Morgan fingerprint density at radius 2 is 2.19 bits per heavy atom. The number of aromatic nitrogens is 2. The van der Waals surface area contributed by atoms with Crippen molar-refractivity contribution < 1.29 is 4.79 Å². The lowest BCUT2D eigenvalue weighted by molar-refractivity contribution is -0.122. The number of aryl methyl sites for hydroxylation is 1. The summed E-state index contributed by atoms with van der Waals surface area (Å²) in [4.78, 5) is 26.2. The zero-order valence-corrected chi connectivity index (χ0v) is 15.6. The zero-order chi connectivity index (χ0) is 18.5. The Labute approximate surface area is 157 Å². The third-order valence-corrected chi connectivity index (χ3v) is 5.11. The Kier molecular flexibility index (Phi) is 5.93. The van der Waals surface area contributed by atoms with Gasteiger partial charge in [0, 0.05) is 44.2 Å². The Bertz CT molecular complexity index is 836. The monoisotopic (exact) mass is 374 g/mol. The number of piperidine rings is 1. The summed E-state index contributed by atoms with van der Waals surface area (Å²) < 4.78 is 1.31. The van der Waals surface area contributed by atoms with Crippen LogP contribution in [0.2, 0.25) is 5.02 Å². The van der Waals surface area contributed by atoms with E-state index in [2.05, 4.69) is 15.3 Å². The normalized spacial score (nSPS) is 17.2. The average molecular weight is 375 g/mol. The highest BCUT2D eigenvalue weighted by atomic mass is 35.5. The third-order valence-electron chi connectivity index (χ3n) is 4.75. The predicted molar refractivity (Wildman–Crippen MR) is 102 cm³/mol. The molecule has 1 unspecified atom stereocenters. The van der Waals surface area contributed by atoms with E-state index in [1.807, 2.05) is 24.3 Å². The number of hydrogen-bond acceptors (Lipinski definition) is 4. The van der Waals surface area contributed by atoms with Gasteiger partial charge in [-0.15, -0.1) is 0 Å².